The first-order valence-electron chi connectivity index (χ1n) is 8.13. The molecule has 0 bridgehead atoms. The number of hydrogen-bond acceptors (Lipinski definition) is 4. The summed E-state index contributed by atoms with van der Waals surface area (Å²) in [6.45, 7) is 11.3. The molecular weight excluding hydrogens is 323 g/mol. The Kier molecular flexibility index (Phi) is 16.0. The largest absolute Gasteiger partial charge is 0.352 e. The van der Waals surface area contributed by atoms with Gasteiger partial charge >= 0.3 is 0 Å². The number of nitrogens with zero attached hydrogens (tertiary/aromatic N) is 2. The molecule has 1 aliphatic heterocycles. The Morgan fingerprint density at radius 3 is 2.23 bits per heavy atom. The Labute approximate surface area is 148 Å². The summed E-state index contributed by atoms with van der Waals surface area (Å²) in [5, 5.41) is 3.06. The van der Waals surface area contributed by atoms with E-state index < -0.39 is 0 Å². The van der Waals surface area contributed by atoms with Gasteiger partial charge in [-0.15, -0.1) is 24.8 Å². The Morgan fingerprint density at radius 2 is 1.73 bits per heavy atom. The van der Waals surface area contributed by atoms with Crippen LogP contribution >= 0.6 is 24.8 Å². The van der Waals surface area contributed by atoms with Crippen LogP contribution in [0.15, 0.2) is 0 Å². The second kappa shape index (κ2) is 14.5. The summed E-state index contributed by atoms with van der Waals surface area (Å²) >= 11 is 0. The topological polar surface area (TPSA) is 61.6 Å². The van der Waals surface area contributed by atoms with Crippen LogP contribution in [0, 0.1) is 0 Å². The maximum absolute atomic E-state index is 11.9. The summed E-state index contributed by atoms with van der Waals surface area (Å²) in [5.41, 5.74) is 5.70. The van der Waals surface area contributed by atoms with Gasteiger partial charge in [0.15, 0.2) is 0 Å². The average Bonchev–Trinajstić information content (AvgIpc) is 2.49. The molecule has 3 N–H and O–H groups in total. The molecule has 22 heavy (non-hydrogen) atoms. The normalized spacial score (nSPS) is 17.2. The molecule has 0 saturated carbocycles. The molecule has 1 amide bonds. The fourth-order valence-corrected chi connectivity index (χ4v) is 2.59. The number of amides is 1. The highest BCUT2D eigenvalue weighted by molar-refractivity contribution is 5.85. The van der Waals surface area contributed by atoms with Crippen molar-refractivity contribution in [1.82, 2.24) is 15.1 Å². The van der Waals surface area contributed by atoms with Crippen molar-refractivity contribution < 1.29 is 4.79 Å². The molecular formula is C15H34Cl2N4O. The zero-order valence-electron chi connectivity index (χ0n) is 14.1. The van der Waals surface area contributed by atoms with Crippen molar-refractivity contribution in [2.24, 2.45) is 5.73 Å². The molecule has 0 aromatic carbocycles. The van der Waals surface area contributed by atoms with Crippen LogP contribution < -0.4 is 11.1 Å². The fourth-order valence-electron chi connectivity index (χ4n) is 2.59. The van der Waals surface area contributed by atoms with E-state index in [1.54, 1.807) is 0 Å². The predicted molar refractivity (Wildman–Crippen MR) is 98.2 cm³/mol. The first-order chi connectivity index (χ1) is 9.69. The van der Waals surface area contributed by atoms with Gasteiger partial charge in [0.25, 0.3) is 0 Å². The van der Waals surface area contributed by atoms with Gasteiger partial charge < -0.3 is 20.9 Å². The van der Waals surface area contributed by atoms with Crippen LogP contribution in [-0.2, 0) is 4.79 Å². The molecule has 134 valence electrons. The molecule has 1 atom stereocenters. The Bertz CT molecular complexity index is 274. The van der Waals surface area contributed by atoms with E-state index in [0.29, 0.717) is 13.0 Å². The third kappa shape index (κ3) is 9.85. The summed E-state index contributed by atoms with van der Waals surface area (Å²) in [5.74, 6) is 0.148. The highest BCUT2D eigenvalue weighted by atomic mass is 35.5. The number of hydrogen-bond donors (Lipinski definition) is 2. The number of piperazine rings is 1. The van der Waals surface area contributed by atoms with Gasteiger partial charge in [-0.2, -0.15) is 0 Å². The Balaban J connectivity index is 0. The van der Waals surface area contributed by atoms with Gasteiger partial charge in [-0.1, -0.05) is 26.7 Å². The lowest BCUT2D eigenvalue weighted by Crippen LogP contribution is -2.47. The van der Waals surface area contributed by atoms with Crippen molar-refractivity contribution >= 4 is 30.7 Å². The summed E-state index contributed by atoms with van der Waals surface area (Å²) in [7, 11) is 0. The summed E-state index contributed by atoms with van der Waals surface area (Å²) in [4.78, 5) is 16.8. The van der Waals surface area contributed by atoms with Gasteiger partial charge in [-0.05, 0) is 13.0 Å². The maximum atomic E-state index is 11.9. The molecule has 0 spiro atoms. The quantitative estimate of drug-likeness (QED) is 0.656. The molecule has 1 fully saturated rings. The zero-order valence-corrected chi connectivity index (χ0v) is 15.7. The number of carbonyl (C=O) groups excluding carboxylic acids is 1. The van der Waals surface area contributed by atoms with Gasteiger partial charge in [0, 0.05) is 51.7 Å². The molecule has 0 radical (unpaired) electrons. The van der Waals surface area contributed by atoms with E-state index in [2.05, 4.69) is 29.0 Å². The lowest BCUT2D eigenvalue weighted by molar-refractivity contribution is -0.122. The monoisotopic (exact) mass is 356 g/mol. The molecule has 1 heterocycles. The molecule has 0 aliphatic carbocycles. The number of carbonyl (C=O) groups is 1. The van der Waals surface area contributed by atoms with Crippen molar-refractivity contribution in [3.8, 4) is 0 Å². The predicted octanol–water partition coefficient (Wildman–Crippen LogP) is 1.49. The fraction of sp³-hybridized carbons (Fsp3) is 0.933. The molecule has 0 aromatic rings. The third-order valence-electron chi connectivity index (χ3n) is 4.12. The summed E-state index contributed by atoms with van der Waals surface area (Å²) < 4.78 is 0. The van der Waals surface area contributed by atoms with Crippen LogP contribution in [0.25, 0.3) is 0 Å². The van der Waals surface area contributed by atoms with Crippen molar-refractivity contribution in [2.45, 2.75) is 45.6 Å². The lowest BCUT2D eigenvalue weighted by atomic mass is 10.1. The van der Waals surface area contributed by atoms with Gasteiger partial charge in [-0.3, -0.25) is 4.79 Å². The SMILES string of the molecule is CCCCC(CN)NC(=O)CCN1CCN(CC)CC1.Cl.Cl. The van der Waals surface area contributed by atoms with Gasteiger partial charge in [-0.25, -0.2) is 0 Å². The van der Waals surface area contributed by atoms with E-state index in [1.165, 1.54) is 0 Å². The number of nitrogens with two attached hydrogens (primary N) is 1. The maximum Gasteiger partial charge on any atom is 0.221 e. The molecule has 5 nitrogen and oxygen atoms in total. The number of halogens is 2. The van der Waals surface area contributed by atoms with E-state index >= 15 is 0 Å². The molecule has 1 saturated heterocycles. The van der Waals surface area contributed by atoms with Gasteiger partial charge in [0.1, 0.15) is 0 Å². The van der Waals surface area contributed by atoms with E-state index in [1.807, 2.05) is 0 Å². The third-order valence-corrected chi connectivity index (χ3v) is 4.12. The number of likely N-dealkylation sites (N-methyl/N-ethyl adjacent to an activating group) is 1. The first kappa shape index (κ1) is 24.2. The van der Waals surface area contributed by atoms with E-state index in [9.17, 15) is 4.79 Å². The molecule has 0 aromatic heterocycles. The smallest absolute Gasteiger partial charge is 0.221 e. The van der Waals surface area contributed by atoms with Crippen LogP contribution in [-0.4, -0.2) is 67.6 Å². The van der Waals surface area contributed by atoms with Crippen LogP contribution in [0.5, 0.6) is 0 Å². The van der Waals surface area contributed by atoms with Crippen molar-refractivity contribution in [3.63, 3.8) is 0 Å². The van der Waals surface area contributed by atoms with Crippen molar-refractivity contribution in [1.29, 1.82) is 0 Å². The lowest BCUT2D eigenvalue weighted by Gasteiger charge is -2.33. The Hall–Kier alpha value is -0.0700. The Morgan fingerprint density at radius 1 is 1.14 bits per heavy atom. The second-order valence-corrected chi connectivity index (χ2v) is 5.67. The average molecular weight is 357 g/mol. The van der Waals surface area contributed by atoms with E-state index in [-0.39, 0.29) is 36.8 Å². The second-order valence-electron chi connectivity index (χ2n) is 5.67. The minimum atomic E-state index is 0. The van der Waals surface area contributed by atoms with Crippen LogP contribution in [0.1, 0.15) is 39.5 Å². The number of unbranched alkanes of at least 4 members (excludes halogenated alkanes) is 1. The van der Waals surface area contributed by atoms with Gasteiger partial charge in [0.05, 0.1) is 0 Å². The minimum Gasteiger partial charge on any atom is -0.352 e. The van der Waals surface area contributed by atoms with Crippen LogP contribution in [0.3, 0.4) is 0 Å². The minimum absolute atomic E-state index is 0. The van der Waals surface area contributed by atoms with E-state index in [4.69, 9.17) is 5.73 Å². The zero-order chi connectivity index (χ0) is 14.8. The molecule has 1 aliphatic rings. The number of rotatable bonds is 9. The first-order valence-corrected chi connectivity index (χ1v) is 8.13. The number of nitrogens with one attached hydrogen (secondary N) is 1. The summed E-state index contributed by atoms with van der Waals surface area (Å²) in [6.07, 6.45) is 3.86. The standard InChI is InChI=1S/C15H32N4O.2ClH/c1-3-5-6-14(13-16)17-15(20)7-8-19-11-9-18(4-2)10-12-19;;/h14H,3-13,16H2,1-2H3,(H,17,20);2*1H. The van der Waals surface area contributed by atoms with Crippen molar-refractivity contribution in [2.75, 3.05) is 45.8 Å². The highest BCUT2D eigenvalue weighted by Gasteiger charge is 2.17. The highest BCUT2D eigenvalue weighted by Crippen LogP contribution is 2.03. The molecule has 7 heteroatoms. The van der Waals surface area contributed by atoms with Crippen molar-refractivity contribution in [3.05, 3.63) is 0 Å². The van der Waals surface area contributed by atoms with E-state index in [0.717, 1.165) is 58.5 Å². The molecule has 1 unspecified atom stereocenters. The van der Waals surface area contributed by atoms with Gasteiger partial charge in [0.2, 0.25) is 5.91 Å². The van der Waals surface area contributed by atoms with Crippen LogP contribution in [0.2, 0.25) is 0 Å². The summed E-state index contributed by atoms with van der Waals surface area (Å²) in [6, 6.07) is 0.152. The van der Waals surface area contributed by atoms with Crippen LogP contribution in [0.4, 0.5) is 0 Å². The molecule has 1 rings (SSSR count).